The van der Waals surface area contributed by atoms with Gasteiger partial charge in [-0.05, 0) is 47.0 Å². The average Bonchev–Trinajstić information content (AvgIpc) is 2.29. The second-order valence-electron chi connectivity index (χ2n) is 3.83. The molecule has 0 radical (unpaired) electrons. The lowest BCUT2D eigenvalue weighted by Crippen LogP contribution is -2.23. The van der Waals surface area contributed by atoms with Crippen molar-refractivity contribution >= 4 is 33.2 Å². The Morgan fingerprint density at radius 2 is 2.35 bits per heavy atom. The predicted molar refractivity (Wildman–Crippen MR) is 70.8 cm³/mol. The molecular formula is C12H12BrClFNO. The maximum atomic E-state index is 13.0. The number of ether oxygens (including phenoxy) is 1. The highest BCUT2D eigenvalue weighted by atomic mass is 79.9. The lowest BCUT2D eigenvalue weighted by molar-refractivity contribution is 0.135. The first-order chi connectivity index (χ1) is 8.16. The summed E-state index contributed by atoms with van der Waals surface area (Å²) in [5, 5.41) is 3.54. The summed E-state index contributed by atoms with van der Waals surface area (Å²) < 4.78 is 19.1. The van der Waals surface area contributed by atoms with E-state index in [-0.39, 0.29) is 11.9 Å². The van der Waals surface area contributed by atoms with Crippen molar-refractivity contribution in [3.8, 4) is 0 Å². The van der Waals surface area contributed by atoms with Crippen LogP contribution in [0.15, 0.2) is 28.9 Å². The summed E-state index contributed by atoms with van der Waals surface area (Å²) in [5.41, 5.74) is 0.700. The van der Waals surface area contributed by atoms with Crippen LogP contribution in [-0.2, 0) is 4.74 Å². The minimum Gasteiger partial charge on any atom is -0.497 e. The molecule has 0 fully saturated rings. The van der Waals surface area contributed by atoms with Crippen molar-refractivity contribution in [3.63, 3.8) is 0 Å². The molecule has 92 valence electrons. The standard InChI is InChI=1S/C12H12BrClFNO/c13-10-5-8(15)6-11(14)12(10)16-7-9-3-1-2-4-17-9/h2,4-6,9,16H,1,3,7H2. The Labute approximate surface area is 113 Å². The van der Waals surface area contributed by atoms with Crippen molar-refractivity contribution in [2.24, 2.45) is 0 Å². The zero-order chi connectivity index (χ0) is 12.3. The number of allylic oxidation sites excluding steroid dienone is 1. The normalized spacial score (nSPS) is 18.9. The molecule has 0 spiro atoms. The van der Waals surface area contributed by atoms with Gasteiger partial charge < -0.3 is 10.1 Å². The summed E-state index contributed by atoms with van der Waals surface area (Å²) in [6, 6.07) is 2.67. The van der Waals surface area contributed by atoms with Gasteiger partial charge in [0.2, 0.25) is 0 Å². The summed E-state index contributed by atoms with van der Waals surface area (Å²) in [6.45, 7) is 0.647. The number of anilines is 1. The molecule has 5 heteroatoms. The lowest BCUT2D eigenvalue weighted by atomic mass is 10.1. The van der Waals surface area contributed by atoms with E-state index in [0.717, 1.165) is 12.8 Å². The highest BCUT2D eigenvalue weighted by molar-refractivity contribution is 9.10. The van der Waals surface area contributed by atoms with E-state index in [1.54, 1.807) is 6.26 Å². The van der Waals surface area contributed by atoms with Crippen molar-refractivity contribution in [2.75, 3.05) is 11.9 Å². The van der Waals surface area contributed by atoms with Gasteiger partial charge in [0.25, 0.3) is 0 Å². The van der Waals surface area contributed by atoms with Crippen LogP contribution in [0.4, 0.5) is 10.1 Å². The van der Waals surface area contributed by atoms with E-state index < -0.39 is 0 Å². The number of hydrogen-bond donors (Lipinski definition) is 1. The molecule has 0 saturated carbocycles. The van der Waals surface area contributed by atoms with Gasteiger partial charge in [-0.1, -0.05) is 11.6 Å². The van der Waals surface area contributed by atoms with Gasteiger partial charge in [0.05, 0.1) is 23.5 Å². The van der Waals surface area contributed by atoms with Crippen LogP contribution in [0.1, 0.15) is 12.8 Å². The van der Waals surface area contributed by atoms with Gasteiger partial charge in [-0.3, -0.25) is 0 Å². The maximum absolute atomic E-state index is 13.0. The molecule has 1 unspecified atom stereocenters. The molecule has 1 aliphatic heterocycles. The molecule has 1 aromatic carbocycles. The van der Waals surface area contributed by atoms with Crippen LogP contribution in [0.25, 0.3) is 0 Å². The van der Waals surface area contributed by atoms with Crippen LogP contribution < -0.4 is 5.32 Å². The third kappa shape index (κ3) is 3.36. The van der Waals surface area contributed by atoms with Gasteiger partial charge in [-0.2, -0.15) is 0 Å². The third-order valence-electron chi connectivity index (χ3n) is 2.54. The minimum absolute atomic E-state index is 0.132. The van der Waals surface area contributed by atoms with E-state index in [4.69, 9.17) is 16.3 Å². The van der Waals surface area contributed by atoms with Gasteiger partial charge in [0.15, 0.2) is 0 Å². The molecule has 2 rings (SSSR count). The summed E-state index contributed by atoms with van der Waals surface area (Å²) in [6.07, 6.45) is 5.84. The highest BCUT2D eigenvalue weighted by Crippen LogP contribution is 2.31. The maximum Gasteiger partial charge on any atom is 0.125 e. The molecule has 1 aliphatic rings. The monoisotopic (exact) mass is 319 g/mol. The Morgan fingerprint density at radius 1 is 1.53 bits per heavy atom. The molecule has 1 heterocycles. The molecule has 1 aromatic rings. The van der Waals surface area contributed by atoms with E-state index in [1.165, 1.54) is 12.1 Å². The van der Waals surface area contributed by atoms with Crippen molar-refractivity contribution in [1.82, 2.24) is 0 Å². The van der Waals surface area contributed by atoms with Crippen LogP contribution in [-0.4, -0.2) is 12.6 Å². The van der Waals surface area contributed by atoms with Crippen molar-refractivity contribution in [2.45, 2.75) is 18.9 Å². The van der Waals surface area contributed by atoms with Crippen LogP contribution in [0.5, 0.6) is 0 Å². The van der Waals surface area contributed by atoms with Crippen LogP contribution in [0.2, 0.25) is 5.02 Å². The fourth-order valence-electron chi connectivity index (χ4n) is 1.66. The molecular weight excluding hydrogens is 308 g/mol. The molecule has 0 aromatic heterocycles. The minimum atomic E-state index is -0.357. The van der Waals surface area contributed by atoms with E-state index in [2.05, 4.69) is 21.2 Å². The second-order valence-corrected chi connectivity index (χ2v) is 5.09. The Kier molecular flexibility index (Phi) is 4.29. The molecule has 0 saturated heterocycles. The zero-order valence-electron chi connectivity index (χ0n) is 9.05. The molecule has 2 nitrogen and oxygen atoms in total. The van der Waals surface area contributed by atoms with Gasteiger partial charge in [-0.15, -0.1) is 0 Å². The second kappa shape index (κ2) is 5.74. The Hall–Kier alpha value is -0.740. The summed E-state index contributed by atoms with van der Waals surface area (Å²) in [4.78, 5) is 0. The Balaban J connectivity index is 2.01. The number of nitrogens with one attached hydrogen (secondary N) is 1. The first-order valence-electron chi connectivity index (χ1n) is 5.35. The van der Waals surface area contributed by atoms with Gasteiger partial charge >= 0.3 is 0 Å². The van der Waals surface area contributed by atoms with Crippen LogP contribution >= 0.6 is 27.5 Å². The molecule has 1 atom stereocenters. The van der Waals surface area contributed by atoms with Crippen molar-refractivity contribution < 1.29 is 9.13 Å². The molecule has 17 heavy (non-hydrogen) atoms. The lowest BCUT2D eigenvalue weighted by Gasteiger charge is -2.21. The quantitative estimate of drug-likeness (QED) is 0.894. The van der Waals surface area contributed by atoms with Gasteiger partial charge in [0.1, 0.15) is 11.9 Å². The predicted octanol–water partition coefficient (Wildman–Crippen LogP) is 4.35. The number of hydrogen-bond acceptors (Lipinski definition) is 2. The Morgan fingerprint density at radius 3 is 3.00 bits per heavy atom. The Bertz CT molecular complexity index is 416. The van der Waals surface area contributed by atoms with E-state index in [9.17, 15) is 4.39 Å². The summed E-state index contributed by atoms with van der Waals surface area (Å²) in [7, 11) is 0. The number of benzene rings is 1. The van der Waals surface area contributed by atoms with Crippen LogP contribution in [0.3, 0.4) is 0 Å². The largest absolute Gasteiger partial charge is 0.497 e. The third-order valence-corrected chi connectivity index (χ3v) is 3.46. The molecule has 0 bridgehead atoms. The SMILES string of the molecule is Fc1cc(Cl)c(NCC2CCC=CO2)c(Br)c1. The number of rotatable bonds is 3. The van der Waals surface area contributed by atoms with Gasteiger partial charge in [-0.25, -0.2) is 4.39 Å². The smallest absolute Gasteiger partial charge is 0.125 e. The van der Waals surface area contributed by atoms with Gasteiger partial charge in [0, 0.05) is 4.47 Å². The van der Waals surface area contributed by atoms with E-state index in [1.807, 2.05) is 6.08 Å². The fraction of sp³-hybridized carbons (Fsp3) is 0.333. The molecule has 0 aliphatic carbocycles. The summed E-state index contributed by atoms with van der Waals surface area (Å²) in [5.74, 6) is -0.357. The van der Waals surface area contributed by atoms with Crippen LogP contribution in [0, 0.1) is 5.82 Å². The topological polar surface area (TPSA) is 21.3 Å². The average molecular weight is 321 g/mol. The fourth-order valence-corrected chi connectivity index (χ4v) is 2.62. The first kappa shape index (κ1) is 12.7. The van der Waals surface area contributed by atoms with Crippen molar-refractivity contribution in [3.05, 3.63) is 39.8 Å². The molecule has 1 N–H and O–H groups in total. The van der Waals surface area contributed by atoms with Crippen molar-refractivity contribution in [1.29, 1.82) is 0 Å². The highest BCUT2D eigenvalue weighted by Gasteiger charge is 2.13. The molecule has 0 amide bonds. The van der Waals surface area contributed by atoms with E-state index in [0.29, 0.717) is 21.7 Å². The van der Waals surface area contributed by atoms with E-state index >= 15 is 0 Å². The number of halogens is 3. The summed E-state index contributed by atoms with van der Waals surface area (Å²) >= 11 is 9.25. The zero-order valence-corrected chi connectivity index (χ0v) is 11.4. The first-order valence-corrected chi connectivity index (χ1v) is 6.53.